The Balaban J connectivity index is 0.000000164. The summed E-state index contributed by atoms with van der Waals surface area (Å²) in [7, 11) is 0. The second-order valence-corrected chi connectivity index (χ2v) is 19.9. The highest BCUT2D eigenvalue weighted by Gasteiger charge is 2.51. The molecule has 0 amide bonds. The number of benzene rings is 9. The van der Waals surface area contributed by atoms with Crippen molar-refractivity contribution in [3.63, 3.8) is 0 Å². The fraction of sp³-hybridized carbons (Fsp3) is 0.0959. The van der Waals surface area contributed by atoms with Gasteiger partial charge in [-0.05, 0) is 161 Å². The van der Waals surface area contributed by atoms with Crippen molar-refractivity contribution in [2.24, 2.45) is 10.7 Å². The topological polar surface area (TPSA) is 102 Å². The van der Waals surface area contributed by atoms with Crippen molar-refractivity contribution in [2.75, 3.05) is 0 Å². The highest BCUT2D eigenvalue weighted by molar-refractivity contribution is 6.21. The molecule has 2 aliphatic carbocycles. The quantitative estimate of drug-likeness (QED) is 0.123. The molecule has 0 bridgehead atoms. The van der Waals surface area contributed by atoms with E-state index in [0.29, 0.717) is 5.56 Å². The Morgan fingerprint density at radius 1 is 0.506 bits per heavy atom. The van der Waals surface area contributed by atoms with Crippen LogP contribution in [0.25, 0.3) is 99.2 Å². The van der Waals surface area contributed by atoms with E-state index in [1.807, 2.05) is 98.8 Å². The average Bonchev–Trinajstić information content (AvgIpc) is 3.17. The molecule has 2 aliphatic rings. The molecule has 1 atom stereocenters. The third-order valence-electron chi connectivity index (χ3n) is 15.6. The number of fused-ring (bicyclic) bond motifs is 13. The molecule has 6 heteroatoms. The molecule has 0 saturated carbocycles. The van der Waals surface area contributed by atoms with E-state index < -0.39 is 5.41 Å². The zero-order chi connectivity index (χ0) is 54.5. The number of hydrogen-bond acceptors (Lipinski definition) is 4. The zero-order valence-corrected chi connectivity index (χ0v) is 45.2. The first-order chi connectivity index (χ1) is 38.7. The van der Waals surface area contributed by atoms with Crippen molar-refractivity contribution in [3.05, 3.63) is 275 Å². The van der Waals surface area contributed by atoms with Crippen molar-refractivity contribution in [3.8, 4) is 22.3 Å². The smallest absolute Gasteiger partial charge is 0.154 e. The van der Waals surface area contributed by atoms with Gasteiger partial charge >= 0.3 is 0 Å². The van der Waals surface area contributed by atoms with Crippen LogP contribution < -0.4 is 5.73 Å². The number of nitrogens with two attached hydrogens (primary N) is 1. The molecular weight excluding hydrogens is 967 g/mol. The van der Waals surface area contributed by atoms with Gasteiger partial charge in [-0.25, -0.2) is 4.99 Å². The molecule has 9 aromatic carbocycles. The molecule has 1 unspecified atom stereocenters. The first-order valence-corrected chi connectivity index (χ1v) is 27.1. The van der Waals surface area contributed by atoms with Crippen LogP contribution in [-0.2, 0) is 5.41 Å². The monoisotopic (exact) mass is 1030 g/mol. The van der Waals surface area contributed by atoms with Crippen molar-refractivity contribution in [1.29, 1.82) is 5.41 Å². The third-order valence-corrected chi connectivity index (χ3v) is 15.6. The van der Waals surface area contributed by atoms with Gasteiger partial charge in [0.15, 0.2) is 5.84 Å². The van der Waals surface area contributed by atoms with Gasteiger partial charge in [0.1, 0.15) is 39.3 Å². The minimum Gasteiger partial charge on any atom is -0.456 e. The van der Waals surface area contributed by atoms with Crippen molar-refractivity contribution in [1.82, 2.24) is 0 Å². The number of nitrogens with one attached hydrogen (secondary N) is 1. The maximum atomic E-state index is 8.56. The van der Waals surface area contributed by atoms with Crippen LogP contribution in [0.3, 0.4) is 0 Å². The highest BCUT2D eigenvalue weighted by atomic mass is 16.3. The van der Waals surface area contributed by atoms with Crippen molar-refractivity contribution >= 4 is 88.6 Å². The van der Waals surface area contributed by atoms with Crippen LogP contribution in [0.15, 0.2) is 254 Å². The molecule has 3 N–H and O–H groups in total. The lowest BCUT2D eigenvalue weighted by atomic mass is 9.68. The molecule has 14 rings (SSSR count). The Morgan fingerprint density at radius 3 is 1.81 bits per heavy atom. The lowest BCUT2D eigenvalue weighted by molar-refractivity contribution is 0.668. The van der Waals surface area contributed by atoms with Crippen LogP contribution in [0.4, 0.5) is 0 Å². The van der Waals surface area contributed by atoms with Crippen LogP contribution in [-0.4, -0.2) is 11.7 Å². The largest absolute Gasteiger partial charge is 0.456 e. The molecule has 0 radical (unpaired) electrons. The predicted octanol–water partition coefficient (Wildman–Crippen LogP) is 19.6. The summed E-state index contributed by atoms with van der Waals surface area (Å²) in [5.74, 6) is 0.369. The van der Waals surface area contributed by atoms with Crippen molar-refractivity contribution < 1.29 is 13.3 Å². The number of allylic oxidation sites excluding steroid dienone is 9. The maximum absolute atomic E-state index is 8.56. The summed E-state index contributed by atoms with van der Waals surface area (Å²) in [5, 5.41) is 14.8. The molecule has 0 fully saturated rings. The molecule has 1 spiro atoms. The van der Waals surface area contributed by atoms with Crippen LogP contribution in [0, 0.1) is 12.3 Å². The van der Waals surface area contributed by atoms with Crippen LogP contribution >= 0.6 is 0 Å². The summed E-state index contributed by atoms with van der Waals surface area (Å²) in [6.07, 6.45) is 11.0. The van der Waals surface area contributed by atoms with Gasteiger partial charge in [-0.1, -0.05) is 178 Å². The minimum atomic E-state index is -0.407. The SMILES string of the molecule is C=CC1=C(/C=C\C)c2ccc(-c3ccc(-c4ccc5oc6cccc(C)c6c5c4)cc3)cc2C12C(/C=C\C)=C(C)c1ccccc12.CC.N=C(N=C(N)c1cccc2oc3ccccc3c12)c1ccc2oc3ccccc3c2c1. The van der Waals surface area contributed by atoms with E-state index in [0.717, 1.165) is 66.0 Å². The molecule has 12 aromatic rings. The van der Waals surface area contributed by atoms with Gasteiger partial charge in [0, 0.05) is 43.4 Å². The van der Waals surface area contributed by atoms with E-state index >= 15 is 0 Å². The van der Waals surface area contributed by atoms with E-state index in [2.05, 4.69) is 173 Å². The summed E-state index contributed by atoms with van der Waals surface area (Å²) in [4.78, 5) is 4.43. The van der Waals surface area contributed by atoms with E-state index in [4.69, 9.17) is 24.4 Å². The number of aliphatic imine (C=N–C) groups is 1. The number of nitrogens with zero attached hydrogens (tertiary/aromatic N) is 1. The first kappa shape index (κ1) is 50.1. The normalized spacial score (nSPS) is 15.0. The second kappa shape index (κ2) is 20.3. The van der Waals surface area contributed by atoms with E-state index in [-0.39, 0.29) is 11.7 Å². The highest BCUT2D eigenvalue weighted by Crippen LogP contribution is 2.62. The summed E-state index contributed by atoms with van der Waals surface area (Å²) < 4.78 is 18.0. The van der Waals surface area contributed by atoms with Crippen LogP contribution in [0.1, 0.15) is 73.6 Å². The van der Waals surface area contributed by atoms with Gasteiger partial charge in [-0.2, -0.15) is 0 Å². The van der Waals surface area contributed by atoms with Gasteiger partial charge in [-0.3, -0.25) is 5.41 Å². The van der Waals surface area contributed by atoms with Gasteiger partial charge in [0.05, 0.1) is 5.41 Å². The lowest BCUT2D eigenvalue weighted by Crippen LogP contribution is -2.27. The molecule has 3 heterocycles. The van der Waals surface area contributed by atoms with Gasteiger partial charge in [0.2, 0.25) is 0 Å². The summed E-state index contributed by atoms with van der Waals surface area (Å²) in [5.41, 5.74) is 28.8. The first-order valence-electron chi connectivity index (χ1n) is 27.1. The fourth-order valence-electron chi connectivity index (χ4n) is 12.2. The lowest BCUT2D eigenvalue weighted by Gasteiger charge is -2.33. The molecule has 384 valence electrons. The molecule has 0 aliphatic heterocycles. The molecule has 0 saturated heterocycles. The molecular formula is C73H59N3O3. The second-order valence-electron chi connectivity index (χ2n) is 19.9. The van der Waals surface area contributed by atoms with Crippen molar-refractivity contribution in [2.45, 2.75) is 47.0 Å². The van der Waals surface area contributed by atoms with E-state index in [1.54, 1.807) is 0 Å². The van der Waals surface area contributed by atoms with Crippen LogP contribution in [0.5, 0.6) is 0 Å². The standard InChI is InChI=1S/C45H36O.C26H17N3O2.C2H6/c1-6-12-35-36-24-22-33(27-41(36)45(38(35)8-3)39(13-7-2)29(5)34-15-9-10-16-40(34)45)31-20-18-30(19-21-31)32-23-25-42-37(26-32)44-28(4)14-11-17-43(44)46-42;27-25(15-12-13-22-19(14-15)16-6-1-3-9-20(16)30-22)29-26(28)18-8-5-11-23-24(18)17-7-2-4-10-21(17)31-23;1-2/h6-27H,3H2,1-2,4-5H3;1-14H,(H3,27,28,29);1-2H3/b12-6-,13-7-;;. The van der Waals surface area contributed by atoms with E-state index in [9.17, 15) is 0 Å². The number of para-hydroxylation sites is 2. The Hall–Kier alpha value is -9.78. The minimum absolute atomic E-state index is 0.0921. The average molecular weight is 1030 g/mol. The van der Waals surface area contributed by atoms with Gasteiger partial charge in [0.25, 0.3) is 0 Å². The fourth-order valence-corrected chi connectivity index (χ4v) is 12.2. The number of amidine groups is 2. The van der Waals surface area contributed by atoms with Crippen LogP contribution in [0.2, 0.25) is 0 Å². The molecule has 6 nitrogen and oxygen atoms in total. The number of aryl methyl sites for hydroxylation is 1. The Bertz CT molecular complexity index is 4600. The number of rotatable bonds is 7. The number of furan rings is 3. The predicted molar refractivity (Wildman–Crippen MR) is 332 cm³/mol. The summed E-state index contributed by atoms with van der Waals surface area (Å²) in [6.45, 7) is 17.0. The summed E-state index contributed by atoms with van der Waals surface area (Å²) >= 11 is 0. The van der Waals surface area contributed by atoms with Gasteiger partial charge in [-0.15, -0.1) is 0 Å². The Labute approximate surface area is 460 Å². The third kappa shape index (κ3) is 8.10. The molecule has 79 heavy (non-hydrogen) atoms. The summed E-state index contributed by atoms with van der Waals surface area (Å²) in [6, 6.07) is 64.7. The Morgan fingerprint density at radius 2 is 1.08 bits per heavy atom. The van der Waals surface area contributed by atoms with E-state index in [1.165, 1.54) is 77.7 Å². The Kier molecular flexibility index (Phi) is 12.9. The number of hydrogen-bond donors (Lipinski definition) is 2. The van der Waals surface area contributed by atoms with Gasteiger partial charge < -0.3 is 19.0 Å². The maximum Gasteiger partial charge on any atom is 0.154 e. The molecule has 3 aromatic heterocycles. The zero-order valence-electron chi connectivity index (χ0n) is 45.2.